The van der Waals surface area contributed by atoms with Crippen molar-refractivity contribution in [1.29, 1.82) is 0 Å². The van der Waals surface area contributed by atoms with Gasteiger partial charge in [0, 0.05) is 40.7 Å². The lowest BCUT2D eigenvalue weighted by molar-refractivity contribution is 0.296. The van der Waals surface area contributed by atoms with E-state index < -0.39 is 0 Å². The summed E-state index contributed by atoms with van der Waals surface area (Å²) in [5.74, 6) is 0.408. The van der Waals surface area contributed by atoms with E-state index in [9.17, 15) is 0 Å². The SMILES string of the molecule is CN1Cc2cc(-c3ccc(CN)nn3)ccc2C(c2cc3ccccc3s2)C1. The molecule has 140 valence electrons. The van der Waals surface area contributed by atoms with E-state index in [1.165, 1.54) is 26.1 Å². The summed E-state index contributed by atoms with van der Waals surface area (Å²) < 4.78 is 1.36. The van der Waals surface area contributed by atoms with Gasteiger partial charge in [-0.25, -0.2) is 0 Å². The molecule has 0 saturated heterocycles. The maximum absolute atomic E-state index is 5.64. The third-order valence-electron chi connectivity index (χ3n) is 5.47. The maximum atomic E-state index is 5.64. The van der Waals surface area contributed by atoms with Crippen molar-refractivity contribution in [3.05, 3.63) is 82.4 Å². The minimum atomic E-state index is 0.408. The first-order valence-corrected chi connectivity index (χ1v) is 10.4. The van der Waals surface area contributed by atoms with Crippen molar-refractivity contribution in [3.8, 4) is 11.3 Å². The second kappa shape index (κ2) is 7.09. The summed E-state index contributed by atoms with van der Waals surface area (Å²) in [7, 11) is 2.20. The molecule has 2 aromatic carbocycles. The second-order valence-electron chi connectivity index (χ2n) is 7.46. The lowest BCUT2D eigenvalue weighted by Gasteiger charge is -2.32. The van der Waals surface area contributed by atoms with Crippen molar-refractivity contribution in [2.45, 2.75) is 19.0 Å². The molecule has 1 aliphatic rings. The molecule has 0 amide bonds. The predicted molar refractivity (Wildman–Crippen MR) is 115 cm³/mol. The van der Waals surface area contributed by atoms with Gasteiger partial charge in [0.2, 0.25) is 0 Å². The highest BCUT2D eigenvalue weighted by molar-refractivity contribution is 7.19. The minimum Gasteiger partial charge on any atom is -0.325 e. The van der Waals surface area contributed by atoms with E-state index >= 15 is 0 Å². The molecule has 3 heterocycles. The molecule has 5 heteroatoms. The maximum Gasteiger partial charge on any atom is 0.0929 e. The zero-order valence-corrected chi connectivity index (χ0v) is 16.6. The van der Waals surface area contributed by atoms with Crippen molar-refractivity contribution in [1.82, 2.24) is 15.1 Å². The Kier molecular flexibility index (Phi) is 4.43. The van der Waals surface area contributed by atoms with Gasteiger partial charge in [-0.05, 0) is 53.9 Å². The van der Waals surface area contributed by atoms with Gasteiger partial charge in [0.1, 0.15) is 0 Å². The normalized spacial score (nSPS) is 17.0. The summed E-state index contributed by atoms with van der Waals surface area (Å²) in [4.78, 5) is 3.85. The Morgan fingerprint density at radius 3 is 2.75 bits per heavy atom. The number of rotatable bonds is 3. The minimum absolute atomic E-state index is 0.408. The van der Waals surface area contributed by atoms with Crippen LogP contribution in [0.2, 0.25) is 0 Å². The van der Waals surface area contributed by atoms with E-state index in [4.69, 9.17) is 5.73 Å². The lowest BCUT2D eigenvalue weighted by atomic mass is 9.87. The van der Waals surface area contributed by atoms with Crippen LogP contribution in [0.3, 0.4) is 0 Å². The zero-order chi connectivity index (χ0) is 19.1. The molecule has 1 unspecified atom stereocenters. The van der Waals surface area contributed by atoms with Crippen LogP contribution in [0, 0.1) is 0 Å². The molecule has 2 N–H and O–H groups in total. The molecule has 0 fully saturated rings. The molecule has 1 atom stereocenters. The standard InChI is InChI=1S/C23H22N4S/c1-27-13-17-10-15(21-9-7-18(12-24)25-26-21)6-8-19(17)20(14-27)23-11-16-4-2-3-5-22(16)28-23/h2-11,20H,12-14,24H2,1H3. The fourth-order valence-electron chi connectivity index (χ4n) is 4.05. The summed E-state index contributed by atoms with van der Waals surface area (Å²) in [6, 6.07) is 21.7. The molecule has 28 heavy (non-hydrogen) atoms. The van der Waals surface area contributed by atoms with E-state index in [0.717, 1.165) is 30.0 Å². The van der Waals surface area contributed by atoms with Crippen LogP contribution in [0.15, 0.2) is 60.7 Å². The van der Waals surface area contributed by atoms with Gasteiger partial charge in [-0.1, -0.05) is 30.3 Å². The molecule has 2 aromatic heterocycles. The van der Waals surface area contributed by atoms with E-state index in [2.05, 4.69) is 70.7 Å². The Balaban J connectivity index is 1.55. The predicted octanol–water partition coefficient (Wildman–Crippen LogP) is 4.39. The smallest absolute Gasteiger partial charge is 0.0929 e. The highest BCUT2D eigenvalue weighted by Gasteiger charge is 2.26. The first kappa shape index (κ1) is 17.5. The summed E-state index contributed by atoms with van der Waals surface area (Å²) in [6.45, 7) is 2.42. The summed E-state index contributed by atoms with van der Waals surface area (Å²) in [5.41, 5.74) is 11.3. The molecule has 0 spiro atoms. The van der Waals surface area contributed by atoms with E-state index in [0.29, 0.717) is 12.5 Å². The molecule has 0 saturated carbocycles. The number of likely N-dealkylation sites (N-methyl/N-ethyl adjacent to an activating group) is 1. The van der Waals surface area contributed by atoms with Crippen molar-refractivity contribution in [2.24, 2.45) is 5.73 Å². The number of nitrogens with zero attached hydrogens (tertiary/aromatic N) is 3. The number of benzene rings is 2. The van der Waals surface area contributed by atoms with Gasteiger partial charge in [0.25, 0.3) is 0 Å². The van der Waals surface area contributed by atoms with Gasteiger partial charge in [0.05, 0.1) is 11.4 Å². The van der Waals surface area contributed by atoms with Crippen LogP contribution < -0.4 is 5.73 Å². The summed E-state index contributed by atoms with van der Waals surface area (Å²) >= 11 is 1.91. The Morgan fingerprint density at radius 2 is 1.96 bits per heavy atom. The van der Waals surface area contributed by atoms with Gasteiger partial charge in [-0.2, -0.15) is 10.2 Å². The Labute approximate surface area is 168 Å². The monoisotopic (exact) mass is 386 g/mol. The quantitative estimate of drug-likeness (QED) is 0.567. The largest absolute Gasteiger partial charge is 0.325 e. The first-order valence-electron chi connectivity index (χ1n) is 9.54. The van der Waals surface area contributed by atoms with E-state index in [1.54, 1.807) is 0 Å². The summed E-state index contributed by atoms with van der Waals surface area (Å²) in [5, 5.41) is 9.89. The molecule has 4 aromatic rings. The molecule has 4 nitrogen and oxygen atoms in total. The zero-order valence-electron chi connectivity index (χ0n) is 15.8. The molecule has 1 aliphatic heterocycles. The third kappa shape index (κ3) is 3.11. The second-order valence-corrected chi connectivity index (χ2v) is 8.58. The lowest BCUT2D eigenvalue weighted by Crippen LogP contribution is -2.30. The van der Waals surface area contributed by atoms with Crippen molar-refractivity contribution < 1.29 is 0 Å². The van der Waals surface area contributed by atoms with Gasteiger partial charge >= 0.3 is 0 Å². The number of hydrogen-bond acceptors (Lipinski definition) is 5. The molecular weight excluding hydrogens is 364 g/mol. The van der Waals surface area contributed by atoms with Crippen LogP contribution in [0.1, 0.15) is 27.6 Å². The van der Waals surface area contributed by atoms with Crippen LogP contribution in [-0.4, -0.2) is 28.7 Å². The van der Waals surface area contributed by atoms with Crippen LogP contribution in [0.5, 0.6) is 0 Å². The molecule has 0 radical (unpaired) electrons. The molecular formula is C23H22N4S. The number of fused-ring (bicyclic) bond motifs is 2. The van der Waals surface area contributed by atoms with Crippen molar-refractivity contribution in [3.63, 3.8) is 0 Å². The Hall–Kier alpha value is -2.60. The highest BCUT2D eigenvalue weighted by Crippen LogP contribution is 2.39. The van der Waals surface area contributed by atoms with Gasteiger partial charge in [-0.15, -0.1) is 11.3 Å². The first-order chi connectivity index (χ1) is 13.7. The fraction of sp³-hybridized carbons (Fsp3) is 0.217. The molecule has 5 rings (SSSR count). The number of hydrogen-bond donors (Lipinski definition) is 1. The molecule has 0 aliphatic carbocycles. The van der Waals surface area contributed by atoms with Crippen LogP contribution in [-0.2, 0) is 13.1 Å². The van der Waals surface area contributed by atoms with Crippen LogP contribution in [0.4, 0.5) is 0 Å². The van der Waals surface area contributed by atoms with Gasteiger partial charge in [0.15, 0.2) is 0 Å². The topological polar surface area (TPSA) is 55.0 Å². The van der Waals surface area contributed by atoms with E-state index in [1.807, 2.05) is 23.5 Å². The van der Waals surface area contributed by atoms with Crippen molar-refractivity contribution >= 4 is 21.4 Å². The summed E-state index contributed by atoms with van der Waals surface area (Å²) in [6.07, 6.45) is 0. The average Bonchev–Trinajstić information content (AvgIpc) is 3.17. The molecule has 0 bridgehead atoms. The van der Waals surface area contributed by atoms with E-state index in [-0.39, 0.29) is 0 Å². The van der Waals surface area contributed by atoms with Gasteiger partial charge < -0.3 is 10.6 Å². The number of nitrogens with two attached hydrogens (primary N) is 1. The average molecular weight is 387 g/mol. The Bertz CT molecular complexity index is 1100. The Morgan fingerprint density at radius 1 is 1.07 bits per heavy atom. The highest BCUT2D eigenvalue weighted by atomic mass is 32.1. The van der Waals surface area contributed by atoms with Crippen LogP contribution in [0.25, 0.3) is 21.3 Å². The van der Waals surface area contributed by atoms with Gasteiger partial charge in [-0.3, -0.25) is 0 Å². The fourth-order valence-corrected chi connectivity index (χ4v) is 5.22. The third-order valence-corrected chi connectivity index (χ3v) is 6.70. The van der Waals surface area contributed by atoms with Crippen LogP contribution >= 0.6 is 11.3 Å². The number of aromatic nitrogens is 2. The van der Waals surface area contributed by atoms with Crippen molar-refractivity contribution in [2.75, 3.05) is 13.6 Å². The number of thiophene rings is 1.